The Morgan fingerprint density at radius 2 is 2.45 bits per heavy atom. The highest BCUT2D eigenvalue weighted by Gasteiger charge is 2.25. The number of halogens is 1. The fourth-order valence-electron chi connectivity index (χ4n) is 2.25. The van der Waals surface area contributed by atoms with Crippen LogP contribution >= 0.6 is 11.6 Å². The second-order valence-corrected chi connectivity index (χ2v) is 5.18. The zero-order chi connectivity index (χ0) is 14.5. The minimum atomic E-state index is -0.674. The van der Waals surface area contributed by atoms with E-state index in [2.05, 4.69) is 5.32 Å². The number of methoxy groups -OCH3 is 1. The van der Waals surface area contributed by atoms with Gasteiger partial charge >= 0.3 is 0 Å². The Morgan fingerprint density at radius 1 is 1.65 bits per heavy atom. The SMILES string of the molecule is COCC(N)C(=O)NC1CCCOc2c(Cl)cccc21. The fraction of sp³-hybridized carbons (Fsp3) is 0.500. The molecular formula is C14H19ClN2O3. The molecule has 1 heterocycles. The molecule has 5 nitrogen and oxygen atoms in total. The highest BCUT2D eigenvalue weighted by atomic mass is 35.5. The van der Waals surface area contributed by atoms with Gasteiger partial charge in [-0.1, -0.05) is 23.7 Å². The molecule has 3 N–H and O–H groups in total. The first-order chi connectivity index (χ1) is 9.63. The first-order valence-corrected chi connectivity index (χ1v) is 6.97. The van der Waals surface area contributed by atoms with Crippen LogP contribution in [0.4, 0.5) is 0 Å². The summed E-state index contributed by atoms with van der Waals surface area (Å²) in [5.74, 6) is 0.418. The third kappa shape index (κ3) is 3.42. The molecule has 0 bridgehead atoms. The minimum absolute atomic E-state index is 0.137. The van der Waals surface area contributed by atoms with Crippen molar-refractivity contribution in [3.63, 3.8) is 0 Å². The van der Waals surface area contributed by atoms with Crippen molar-refractivity contribution in [1.29, 1.82) is 0 Å². The van der Waals surface area contributed by atoms with E-state index in [9.17, 15) is 4.79 Å². The number of nitrogens with one attached hydrogen (secondary N) is 1. The molecule has 1 aliphatic rings. The largest absolute Gasteiger partial charge is 0.492 e. The molecule has 2 rings (SSSR count). The van der Waals surface area contributed by atoms with E-state index >= 15 is 0 Å². The summed E-state index contributed by atoms with van der Waals surface area (Å²) in [5, 5.41) is 3.50. The lowest BCUT2D eigenvalue weighted by Crippen LogP contribution is -2.44. The van der Waals surface area contributed by atoms with Crippen molar-refractivity contribution < 1.29 is 14.3 Å². The van der Waals surface area contributed by atoms with E-state index in [1.165, 1.54) is 7.11 Å². The van der Waals surface area contributed by atoms with Gasteiger partial charge in [0.25, 0.3) is 0 Å². The molecule has 20 heavy (non-hydrogen) atoms. The van der Waals surface area contributed by atoms with Crippen molar-refractivity contribution in [2.75, 3.05) is 20.3 Å². The number of benzene rings is 1. The number of carbonyl (C=O) groups excluding carboxylic acids is 1. The quantitative estimate of drug-likeness (QED) is 0.886. The lowest BCUT2D eigenvalue weighted by molar-refractivity contribution is -0.124. The normalized spacial score (nSPS) is 19.4. The van der Waals surface area contributed by atoms with E-state index in [-0.39, 0.29) is 18.6 Å². The van der Waals surface area contributed by atoms with E-state index in [1.54, 1.807) is 6.07 Å². The number of carbonyl (C=O) groups is 1. The van der Waals surface area contributed by atoms with Gasteiger partial charge in [0.2, 0.25) is 5.91 Å². The topological polar surface area (TPSA) is 73.6 Å². The van der Waals surface area contributed by atoms with Gasteiger partial charge in [-0.3, -0.25) is 4.79 Å². The Hall–Kier alpha value is -1.30. The van der Waals surface area contributed by atoms with Crippen molar-refractivity contribution in [3.8, 4) is 5.75 Å². The fourth-order valence-corrected chi connectivity index (χ4v) is 2.49. The highest BCUT2D eigenvalue weighted by Crippen LogP contribution is 2.36. The number of hydrogen-bond acceptors (Lipinski definition) is 4. The van der Waals surface area contributed by atoms with E-state index in [0.717, 1.165) is 18.4 Å². The van der Waals surface area contributed by atoms with Crippen LogP contribution in [0.25, 0.3) is 0 Å². The summed E-state index contributed by atoms with van der Waals surface area (Å²) < 4.78 is 10.6. The molecule has 0 radical (unpaired) electrons. The lowest BCUT2D eigenvalue weighted by atomic mass is 10.0. The monoisotopic (exact) mass is 298 g/mol. The van der Waals surface area contributed by atoms with Crippen LogP contribution < -0.4 is 15.8 Å². The third-order valence-electron chi connectivity index (χ3n) is 3.26. The van der Waals surface area contributed by atoms with Gasteiger partial charge in [0.1, 0.15) is 11.8 Å². The standard InChI is InChI=1S/C14H19ClN2O3/c1-19-8-11(16)14(18)17-12-6-3-7-20-13-9(12)4-2-5-10(13)15/h2,4-5,11-12H,3,6-8,16H2,1H3,(H,17,18). The van der Waals surface area contributed by atoms with Crippen LogP contribution in [-0.4, -0.2) is 32.3 Å². The molecule has 110 valence electrons. The number of nitrogens with two attached hydrogens (primary N) is 1. The molecule has 0 aliphatic carbocycles. The molecular weight excluding hydrogens is 280 g/mol. The van der Waals surface area contributed by atoms with E-state index in [0.29, 0.717) is 17.4 Å². The van der Waals surface area contributed by atoms with Gasteiger partial charge < -0.3 is 20.5 Å². The number of hydrogen-bond donors (Lipinski definition) is 2. The number of ether oxygens (including phenoxy) is 2. The number of fused-ring (bicyclic) bond motifs is 1. The van der Waals surface area contributed by atoms with Gasteiger partial charge in [-0.25, -0.2) is 0 Å². The van der Waals surface area contributed by atoms with Crippen LogP contribution in [-0.2, 0) is 9.53 Å². The van der Waals surface area contributed by atoms with Crippen molar-refractivity contribution in [2.24, 2.45) is 5.73 Å². The van der Waals surface area contributed by atoms with Crippen LogP contribution in [0.15, 0.2) is 18.2 Å². The van der Waals surface area contributed by atoms with Gasteiger partial charge in [-0.05, 0) is 18.9 Å². The molecule has 1 aliphatic heterocycles. The smallest absolute Gasteiger partial charge is 0.239 e. The molecule has 0 fully saturated rings. The number of para-hydroxylation sites is 1. The molecule has 6 heteroatoms. The summed E-state index contributed by atoms with van der Waals surface area (Å²) in [4.78, 5) is 12.0. The Labute approximate surface area is 123 Å². The van der Waals surface area contributed by atoms with Crippen molar-refractivity contribution >= 4 is 17.5 Å². The maximum absolute atomic E-state index is 12.0. The Bertz CT molecular complexity index is 481. The van der Waals surface area contributed by atoms with Crippen molar-refractivity contribution in [3.05, 3.63) is 28.8 Å². The zero-order valence-corrected chi connectivity index (χ0v) is 12.2. The van der Waals surface area contributed by atoms with Crippen LogP contribution in [0.3, 0.4) is 0 Å². The van der Waals surface area contributed by atoms with Crippen LogP contribution in [0, 0.1) is 0 Å². The van der Waals surface area contributed by atoms with Gasteiger partial charge in [0, 0.05) is 12.7 Å². The molecule has 0 saturated carbocycles. The summed E-state index contributed by atoms with van der Waals surface area (Å²) in [6.07, 6.45) is 1.63. The second-order valence-electron chi connectivity index (χ2n) is 4.77. The summed E-state index contributed by atoms with van der Waals surface area (Å²) >= 11 is 6.15. The summed E-state index contributed by atoms with van der Waals surface area (Å²) in [5.41, 5.74) is 6.64. The molecule has 0 spiro atoms. The average Bonchev–Trinajstić information content (AvgIpc) is 2.63. The summed E-state index contributed by atoms with van der Waals surface area (Å²) in [6, 6.07) is 4.73. The Kier molecular flexibility index (Phi) is 5.23. The molecule has 0 saturated heterocycles. The summed E-state index contributed by atoms with van der Waals surface area (Å²) in [6.45, 7) is 0.782. The molecule has 2 unspecified atom stereocenters. The molecule has 1 amide bonds. The second kappa shape index (κ2) is 6.92. The Morgan fingerprint density at radius 3 is 3.20 bits per heavy atom. The van der Waals surface area contributed by atoms with Crippen LogP contribution in [0.2, 0.25) is 5.02 Å². The van der Waals surface area contributed by atoms with E-state index in [1.807, 2.05) is 12.1 Å². The highest BCUT2D eigenvalue weighted by molar-refractivity contribution is 6.32. The molecule has 2 atom stereocenters. The van der Waals surface area contributed by atoms with E-state index < -0.39 is 6.04 Å². The van der Waals surface area contributed by atoms with Crippen LogP contribution in [0.5, 0.6) is 5.75 Å². The maximum Gasteiger partial charge on any atom is 0.239 e. The number of amides is 1. The molecule has 1 aromatic rings. The zero-order valence-electron chi connectivity index (χ0n) is 11.4. The first-order valence-electron chi connectivity index (χ1n) is 6.59. The predicted molar refractivity (Wildman–Crippen MR) is 76.9 cm³/mol. The first kappa shape index (κ1) is 15.1. The maximum atomic E-state index is 12.0. The number of rotatable bonds is 4. The van der Waals surface area contributed by atoms with Gasteiger partial charge in [-0.2, -0.15) is 0 Å². The predicted octanol–water partition coefficient (Wildman–Crippen LogP) is 1.64. The van der Waals surface area contributed by atoms with Gasteiger partial charge in [0.05, 0.1) is 24.3 Å². The average molecular weight is 299 g/mol. The van der Waals surface area contributed by atoms with Crippen molar-refractivity contribution in [2.45, 2.75) is 24.9 Å². The van der Waals surface area contributed by atoms with Gasteiger partial charge in [-0.15, -0.1) is 0 Å². The lowest BCUT2D eigenvalue weighted by Gasteiger charge is -2.21. The molecule has 0 aromatic heterocycles. The molecule has 1 aromatic carbocycles. The summed E-state index contributed by atoms with van der Waals surface area (Å²) in [7, 11) is 1.52. The van der Waals surface area contributed by atoms with Crippen LogP contribution in [0.1, 0.15) is 24.4 Å². The van der Waals surface area contributed by atoms with Crippen molar-refractivity contribution in [1.82, 2.24) is 5.32 Å². The van der Waals surface area contributed by atoms with Gasteiger partial charge in [0.15, 0.2) is 0 Å². The Balaban J connectivity index is 2.17. The minimum Gasteiger partial charge on any atom is -0.492 e. The van der Waals surface area contributed by atoms with E-state index in [4.69, 9.17) is 26.8 Å². The third-order valence-corrected chi connectivity index (χ3v) is 3.55.